The average Bonchev–Trinajstić information content (AvgIpc) is 3.63. The van der Waals surface area contributed by atoms with Gasteiger partial charge in [0.15, 0.2) is 6.17 Å². The molecule has 1 aliphatic heterocycles. The third kappa shape index (κ3) is 5.89. The summed E-state index contributed by atoms with van der Waals surface area (Å²) < 4.78 is 0. The van der Waals surface area contributed by atoms with Crippen LogP contribution >= 0.6 is 0 Å². The maximum atomic E-state index is 5.18. The molecule has 0 bridgehead atoms. The third-order valence-corrected chi connectivity index (χ3v) is 12.4. The van der Waals surface area contributed by atoms with Gasteiger partial charge in [0.1, 0.15) is 11.7 Å². The molecule has 0 fully saturated rings. The summed E-state index contributed by atoms with van der Waals surface area (Å²) in [4.78, 5) is 10.2. The van der Waals surface area contributed by atoms with Gasteiger partial charge in [-0.25, -0.2) is 9.98 Å². The lowest BCUT2D eigenvalue weighted by Crippen LogP contribution is -2.36. The predicted octanol–water partition coefficient (Wildman–Crippen LogP) is 12.8. The summed E-state index contributed by atoms with van der Waals surface area (Å²) in [5, 5.41) is 6.18. The normalized spacial score (nSPS) is 17.6. The van der Waals surface area contributed by atoms with Crippen LogP contribution in [-0.2, 0) is 5.41 Å². The van der Waals surface area contributed by atoms with Gasteiger partial charge in [-0.3, -0.25) is 0 Å². The molecular weight excluding hydrogens is 715 g/mol. The number of amidine groups is 2. The molecule has 0 aromatic heterocycles. The molecule has 3 heteroatoms. The molecule has 8 aromatic rings. The first-order valence-corrected chi connectivity index (χ1v) is 20.5. The number of benzene rings is 8. The van der Waals surface area contributed by atoms with E-state index in [9.17, 15) is 0 Å². The topological polar surface area (TPSA) is 36.8 Å². The highest BCUT2D eigenvalue weighted by Gasteiger charge is 2.47. The van der Waals surface area contributed by atoms with E-state index < -0.39 is 5.41 Å². The van der Waals surface area contributed by atoms with Gasteiger partial charge in [-0.1, -0.05) is 206 Å². The summed E-state index contributed by atoms with van der Waals surface area (Å²) in [7, 11) is 0. The molecule has 3 nitrogen and oxygen atoms in total. The number of nitrogens with zero attached hydrogens (tertiary/aromatic N) is 2. The Morgan fingerprint density at radius 3 is 1.78 bits per heavy atom. The summed E-state index contributed by atoms with van der Waals surface area (Å²) in [6, 6.07) is 72.4. The molecule has 0 radical (unpaired) electrons. The number of fused-ring (bicyclic) bond motifs is 5. The summed E-state index contributed by atoms with van der Waals surface area (Å²) >= 11 is 0. The van der Waals surface area contributed by atoms with Crippen molar-refractivity contribution in [2.24, 2.45) is 9.98 Å². The Kier molecular flexibility index (Phi) is 8.59. The van der Waals surface area contributed by atoms with E-state index in [1.54, 1.807) is 0 Å². The van der Waals surface area contributed by atoms with Gasteiger partial charge >= 0.3 is 0 Å². The first-order chi connectivity index (χ1) is 29.3. The summed E-state index contributed by atoms with van der Waals surface area (Å²) in [5.41, 5.74) is 14.4. The van der Waals surface area contributed by atoms with Gasteiger partial charge in [0, 0.05) is 17.0 Å². The molecular formula is C56H41N3. The molecule has 3 aliphatic rings. The minimum absolute atomic E-state index is 0.184. The number of rotatable bonds is 7. The molecule has 8 aromatic carbocycles. The lowest BCUT2D eigenvalue weighted by atomic mass is 9.67. The minimum atomic E-state index is -0.473. The second-order valence-electron chi connectivity index (χ2n) is 15.7. The predicted molar refractivity (Wildman–Crippen MR) is 244 cm³/mol. The fourth-order valence-electron chi connectivity index (χ4n) is 9.70. The zero-order valence-electron chi connectivity index (χ0n) is 32.5. The van der Waals surface area contributed by atoms with Crippen LogP contribution in [0.4, 0.5) is 0 Å². The third-order valence-electron chi connectivity index (χ3n) is 12.4. The van der Waals surface area contributed by atoms with Gasteiger partial charge < -0.3 is 5.32 Å². The van der Waals surface area contributed by atoms with Crippen molar-refractivity contribution in [3.05, 3.63) is 268 Å². The van der Waals surface area contributed by atoms with Gasteiger partial charge in [0.05, 0.1) is 5.41 Å². The van der Waals surface area contributed by atoms with Crippen molar-refractivity contribution in [2.45, 2.75) is 23.9 Å². The van der Waals surface area contributed by atoms with Gasteiger partial charge in [-0.2, -0.15) is 0 Å². The van der Waals surface area contributed by atoms with Crippen molar-refractivity contribution in [3.8, 4) is 11.1 Å². The van der Waals surface area contributed by atoms with Crippen molar-refractivity contribution in [3.63, 3.8) is 0 Å². The van der Waals surface area contributed by atoms with Gasteiger partial charge in [-0.05, 0) is 85.0 Å². The Morgan fingerprint density at radius 1 is 0.475 bits per heavy atom. The molecule has 0 saturated carbocycles. The zero-order chi connectivity index (χ0) is 39.2. The highest BCUT2D eigenvalue weighted by atomic mass is 15.2. The monoisotopic (exact) mass is 755 g/mol. The minimum Gasteiger partial charge on any atom is -0.324 e. The van der Waals surface area contributed by atoms with Crippen LogP contribution in [0.5, 0.6) is 0 Å². The molecule has 280 valence electrons. The fourth-order valence-corrected chi connectivity index (χ4v) is 9.70. The summed E-state index contributed by atoms with van der Waals surface area (Å²) in [6.45, 7) is 0. The Labute approximate surface area is 345 Å². The number of allylic oxidation sites excluding steroid dienone is 4. The Bertz CT molecular complexity index is 2940. The Morgan fingerprint density at radius 2 is 1.05 bits per heavy atom. The van der Waals surface area contributed by atoms with Crippen LogP contribution in [0, 0.1) is 0 Å². The molecule has 2 unspecified atom stereocenters. The Balaban J connectivity index is 1.01. The first-order valence-electron chi connectivity index (χ1n) is 20.5. The number of aliphatic imine (C=N–C) groups is 2. The SMILES string of the molecule is C1=CC(c2cccc(C3=NC(c4ccccc4)N=C(c4ccccc4)N3)c2)CC(c2cc3c(c4ccccc24)-c2ccccc2C3(c2ccccc2)c2ccccc2)=C1. The maximum absolute atomic E-state index is 5.18. The molecule has 59 heavy (non-hydrogen) atoms. The average molecular weight is 756 g/mol. The van der Waals surface area contributed by atoms with Gasteiger partial charge in [0.2, 0.25) is 0 Å². The van der Waals surface area contributed by atoms with Crippen molar-refractivity contribution >= 4 is 28.0 Å². The van der Waals surface area contributed by atoms with Crippen LogP contribution in [0.1, 0.15) is 68.6 Å². The summed E-state index contributed by atoms with van der Waals surface area (Å²) in [6.07, 6.45) is 7.49. The first kappa shape index (κ1) is 34.9. The van der Waals surface area contributed by atoms with Crippen LogP contribution in [0.25, 0.3) is 27.5 Å². The zero-order valence-corrected chi connectivity index (χ0v) is 32.5. The van der Waals surface area contributed by atoms with Crippen molar-refractivity contribution in [2.75, 3.05) is 0 Å². The van der Waals surface area contributed by atoms with Gasteiger partial charge in [-0.15, -0.1) is 0 Å². The standard InChI is InChI=1S/C56H41N3/c1-5-19-38(20-6-1)53-57-54(39-21-7-2-8-22-39)59-55(58-53)43-26-18-24-41(36-43)40-23-17-25-42(35-40)49-37-51-52(47-32-14-13-31-46(47)49)48-33-15-16-34-50(48)56(51,44-27-9-3-10-28-44)45-29-11-4-12-30-45/h1-34,36-37,40,53H,35H2,(H,57,58,59). The molecule has 11 rings (SSSR count). The van der Waals surface area contributed by atoms with Crippen LogP contribution in [0.3, 0.4) is 0 Å². The van der Waals surface area contributed by atoms with E-state index in [1.165, 1.54) is 60.9 Å². The molecule has 1 heterocycles. The van der Waals surface area contributed by atoms with E-state index >= 15 is 0 Å². The second kappa shape index (κ2) is 14.5. The van der Waals surface area contributed by atoms with Crippen molar-refractivity contribution in [1.82, 2.24) is 5.32 Å². The fraction of sp³-hybridized carbons (Fsp3) is 0.0714. The van der Waals surface area contributed by atoms with E-state index in [0.717, 1.165) is 34.8 Å². The lowest BCUT2D eigenvalue weighted by molar-refractivity contribution is 0.755. The molecule has 2 atom stereocenters. The van der Waals surface area contributed by atoms with Crippen LogP contribution in [0.15, 0.2) is 228 Å². The van der Waals surface area contributed by atoms with E-state index in [-0.39, 0.29) is 12.1 Å². The second-order valence-corrected chi connectivity index (χ2v) is 15.7. The lowest BCUT2D eigenvalue weighted by Gasteiger charge is -2.34. The van der Waals surface area contributed by atoms with Crippen LogP contribution in [0.2, 0.25) is 0 Å². The smallest absolute Gasteiger partial charge is 0.169 e. The number of hydrogen-bond donors (Lipinski definition) is 1. The highest BCUT2D eigenvalue weighted by molar-refractivity contribution is 6.16. The van der Waals surface area contributed by atoms with Crippen LogP contribution < -0.4 is 5.32 Å². The van der Waals surface area contributed by atoms with Crippen molar-refractivity contribution in [1.29, 1.82) is 0 Å². The van der Waals surface area contributed by atoms with E-state index in [0.29, 0.717) is 0 Å². The maximum Gasteiger partial charge on any atom is 0.169 e. The molecule has 0 saturated heterocycles. The molecule has 1 N–H and O–H groups in total. The van der Waals surface area contributed by atoms with Crippen molar-refractivity contribution < 1.29 is 0 Å². The molecule has 0 spiro atoms. The largest absolute Gasteiger partial charge is 0.324 e. The molecule has 2 aliphatic carbocycles. The quantitative estimate of drug-likeness (QED) is 0.173. The highest BCUT2D eigenvalue weighted by Crippen LogP contribution is 2.58. The molecule has 0 amide bonds. The number of nitrogens with one attached hydrogen (secondary N) is 1. The van der Waals surface area contributed by atoms with E-state index in [1.807, 2.05) is 12.1 Å². The number of hydrogen-bond acceptors (Lipinski definition) is 3. The van der Waals surface area contributed by atoms with E-state index in [2.05, 4.69) is 212 Å². The summed E-state index contributed by atoms with van der Waals surface area (Å²) in [5.74, 6) is 1.83. The van der Waals surface area contributed by atoms with Gasteiger partial charge in [0.25, 0.3) is 0 Å². The van der Waals surface area contributed by atoms with Crippen LogP contribution in [-0.4, -0.2) is 11.7 Å². The Hall–Kier alpha value is -7.36. The van der Waals surface area contributed by atoms with E-state index in [4.69, 9.17) is 9.98 Å².